The molecule has 1 heterocycles. The summed E-state index contributed by atoms with van der Waals surface area (Å²) in [5, 5.41) is 3.28. The van der Waals surface area contributed by atoms with E-state index in [1.54, 1.807) is 36.8 Å². The average Bonchev–Trinajstić information content (AvgIpc) is 2.79. The molecule has 1 fully saturated rings. The molecule has 1 aliphatic carbocycles. The van der Waals surface area contributed by atoms with Gasteiger partial charge in [0.05, 0.1) is 10.4 Å². The number of fused-ring (bicyclic) bond motifs is 1. The minimum Gasteiger partial charge on any atom is -0.349 e. The van der Waals surface area contributed by atoms with Gasteiger partial charge in [0.1, 0.15) is 5.56 Å². The molecule has 1 amide bonds. The molecule has 0 unspecified atom stereocenters. The van der Waals surface area contributed by atoms with E-state index in [-0.39, 0.29) is 21.9 Å². The van der Waals surface area contributed by atoms with Crippen molar-refractivity contribution in [3.63, 3.8) is 0 Å². The van der Waals surface area contributed by atoms with E-state index in [2.05, 4.69) is 25.7 Å². The quantitative estimate of drug-likeness (QED) is 0.591. The van der Waals surface area contributed by atoms with Gasteiger partial charge in [0.25, 0.3) is 5.91 Å². The van der Waals surface area contributed by atoms with Gasteiger partial charge < -0.3 is 9.88 Å². The molecule has 0 bridgehead atoms. The maximum Gasteiger partial charge on any atom is 0.257 e. The molecule has 0 saturated heterocycles. The Bertz CT molecular complexity index is 1200. The minimum absolute atomic E-state index is 0.0126. The average molecular weight is 474 g/mol. The second-order valence-electron chi connectivity index (χ2n) is 8.93. The highest BCUT2D eigenvalue weighted by molar-refractivity contribution is 7.89. The maximum absolute atomic E-state index is 13.4. The van der Waals surface area contributed by atoms with E-state index < -0.39 is 21.4 Å². The summed E-state index contributed by atoms with van der Waals surface area (Å²) in [6, 6.07) is 4.55. The molecule has 1 aliphatic rings. The van der Waals surface area contributed by atoms with Gasteiger partial charge >= 0.3 is 0 Å². The Kier molecular flexibility index (Phi) is 7.80. The SMILES string of the molecule is C=CCn1cc(C(=O)N[C@@H]2CCC[C@@H](C)[C@H]2C)c(=O)c2cc(S(=O)(=O)N(CC)CC)ccc21. The van der Waals surface area contributed by atoms with E-state index in [4.69, 9.17) is 0 Å². The van der Waals surface area contributed by atoms with Crippen molar-refractivity contribution in [2.24, 2.45) is 11.8 Å². The number of hydrogen-bond donors (Lipinski definition) is 1. The Balaban J connectivity index is 2.10. The van der Waals surface area contributed by atoms with E-state index in [9.17, 15) is 18.0 Å². The van der Waals surface area contributed by atoms with E-state index in [1.165, 1.54) is 16.4 Å². The van der Waals surface area contributed by atoms with Crippen molar-refractivity contribution in [1.29, 1.82) is 0 Å². The molecular weight excluding hydrogens is 438 g/mol. The van der Waals surface area contributed by atoms with Crippen LogP contribution in [0.25, 0.3) is 10.9 Å². The van der Waals surface area contributed by atoms with Gasteiger partial charge in [-0.15, -0.1) is 6.58 Å². The van der Waals surface area contributed by atoms with E-state index >= 15 is 0 Å². The number of carbonyl (C=O) groups is 1. The zero-order valence-corrected chi connectivity index (χ0v) is 20.8. The van der Waals surface area contributed by atoms with E-state index in [0.717, 1.165) is 19.3 Å². The number of sulfonamides is 1. The first-order valence-corrected chi connectivity index (χ1v) is 13.2. The standard InChI is InChI=1S/C25H35N3O4S/c1-6-14-27-16-21(25(30)26-22-11-9-10-17(4)18(22)5)24(29)20-15-19(12-13-23(20)27)33(31,32)28(7-2)8-3/h6,12-13,15-18,22H,1,7-11,14H2,2-5H3,(H,26,30)/t17-,18-,22-/m1/s1. The molecule has 7 nitrogen and oxygen atoms in total. The van der Waals surface area contributed by atoms with Crippen molar-refractivity contribution in [1.82, 2.24) is 14.2 Å². The van der Waals surface area contributed by atoms with Crippen LogP contribution in [0.2, 0.25) is 0 Å². The maximum atomic E-state index is 13.4. The number of allylic oxidation sites excluding steroid dienone is 1. The monoisotopic (exact) mass is 473 g/mol. The molecule has 1 N–H and O–H groups in total. The molecule has 180 valence electrons. The Morgan fingerprint density at radius 3 is 2.58 bits per heavy atom. The van der Waals surface area contributed by atoms with Crippen LogP contribution in [0.15, 0.2) is 46.7 Å². The zero-order chi connectivity index (χ0) is 24.3. The highest BCUT2D eigenvalue weighted by atomic mass is 32.2. The predicted octanol–water partition coefficient (Wildman–Crippen LogP) is 3.77. The first-order chi connectivity index (χ1) is 15.6. The van der Waals surface area contributed by atoms with Crippen LogP contribution < -0.4 is 10.7 Å². The van der Waals surface area contributed by atoms with Crippen LogP contribution in [-0.2, 0) is 16.6 Å². The van der Waals surface area contributed by atoms with Crippen molar-refractivity contribution in [2.75, 3.05) is 13.1 Å². The fourth-order valence-corrected chi connectivity index (χ4v) is 6.22. The van der Waals surface area contributed by atoms with Gasteiger partial charge in [-0.1, -0.05) is 46.6 Å². The molecule has 3 rings (SSSR count). The second-order valence-corrected chi connectivity index (χ2v) is 10.9. The number of aromatic nitrogens is 1. The van der Waals surface area contributed by atoms with E-state index in [0.29, 0.717) is 37.0 Å². The molecule has 0 aliphatic heterocycles. The third kappa shape index (κ3) is 4.92. The fourth-order valence-electron chi connectivity index (χ4n) is 4.73. The summed E-state index contributed by atoms with van der Waals surface area (Å²) in [6.07, 6.45) is 6.30. The lowest BCUT2D eigenvalue weighted by Crippen LogP contribution is -2.45. The molecule has 33 heavy (non-hydrogen) atoms. The van der Waals surface area contributed by atoms with E-state index in [1.807, 2.05) is 0 Å². The molecular formula is C25H35N3O4S. The Morgan fingerprint density at radius 2 is 1.94 bits per heavy atom. The number of amides is 1. The lowest BCUT2D eigenvalue weighted by Gasteiger charge is -2.34. The molecule has 1 aromatic carbocycles. The number of benzene rings is 1. The number of pyridine rings is 1. The lowest BCUT2D eigenvalue weighted by atomic mass is 9.78. The summed E-state index contributed by atoms with van der Waals surface area (Å²) in [5.74, 6) is 0.415. The Labute approximate surface area is 196 Å². The van der Waals surface area contributed by atoms with Crippen LogP contribution in [-0.4, -0.2) is 42.3 Å². The summed E-state index contributed by atoms with van der Waals surface area (Å²) in [6.45, 7) is 12.7. The van der Waals surface area contributed by atoms with Gasteiger partial charge in [0.15, 0.2) is 0 Å². The molecule has 1 saturated carbocycles. The lowest BCUT2D eigenvalue weighted by molar-refractivity contribution is 0.0889. The van der Waals surface area contributed by atoms with Crippen LogP contribution in [0, 0.1) is 11.8 Å². The molecule has 2 aromatic rings. The molecule has 8 heteroatoms. The zero-order valence-electron chi connectivity index (χ0n) is 20.0. The first-order valence-electron chi connectivity index (χ1n) is 11.7. The summed E-state index contributed by atoms with van der Waals surface area (Å²) >= 11 is 0. The van der Waals surface area contributed by atoms with Gasteiger partial charge in [-0.25, -0.2) is 8.42 Å². The van der Waals surface area contributed by atoms with Gasteiger partial charge in [-0.05, 0) is 36.5 Å². The second kappa shape index (κ2) is 10.2. The van der Waals surface area contributed by atoms with Gasteiger partial charge in [0.2, 0.25) is 15.5 Å². The highest BCUT2D eigenvalue weighted by Crippen LogP contribution is 2.29. The molecule has 1 aromatic heterocycles. The third-order valence-corrected chi connectivity index (χ3v) is 9.03. The van der Waals surface area contributed by atoms with Crippen LogP contribution in [0.4, 0.5) is 0 Å². The van der Waals surface area contributed by atoms with Crippen molar-refractivity contribution >= 4 is 26.8 Å². The van der Waals surface area contributed by atoms with Crippen molar-refractivity contribution in [3.05, 3.63) is 52.8 Å². The normalized spacial score (nSPS) is 21.3. The summed E-state index contributed by atoms with van der Waals surface area (Å²) in [7, 11) is -3.74. The van der Waals surface area contributed by atoms with Gasteiger partial charge in [-0.2, -0.15) is 4.31 Å². The van der Waals surface area contributed by atoms with Crippen molar-refractivity contribution < 1.29 is 13.2 Å². The number of nitrogens with one attached hydrogen (secondary N) is 1. The number of rotatable bonds is 8. The van der Waals surface area contributed by atoms with Crippen LogP contribution in [0.3, 0.4) is 0 Å². The van der Waals surface area contributed by atoms with Crippen molar-refractivity contribution in [2.45, 2.75) is 64.4 Å². The number of nitrogens with zero attached hydrogens (tertiary/aromatic N) is 2. The van der Waals surface area contributed by atoms with Crippen LogP contribution in [0.1, 0.15) is 57.3 Å². The molecule has 3 atom stereocenters. The number of carbonyl (C=O) groups excluding carboxylic acids is 1. The number of hydrogen-bond acceptors (Lipinski definition) is 4. The van der Waals surface area contributed by atoms with Crippen LogP contribution in [0.5, 0.6) is 0 Å². The van der Waals surface area contributed by atoms with Crippen molar-refractivity contribution in [3.8, 4) is 0 Å². The first kappa shape index (κ1) is 25.2. The predicted molar refractivity (Wildman–Crippen MR) is 132 cm³/mol. The summed E-state index contributed by atoms with van der Waals surface area (Å²) in [5.41, 5.74) is 0.123. The summed E-state index contributed by atoms with van der Waals surface area (Å²) in [4.78, 5) is 26.6. The smallest absolute Gasteiger partial charge is 0.257 e. The van der Waals surface area contributed by atoms with Crippen LogP contribution >= 0.6 is 0 Å². The van der Waals surface area contributed by atoms with Gasteiger partial charge in [-0.3, -0.25) is 9.59 Å². The van der Waals surface area contributed by atoms with Gasteiger partial charge in [0, 0.05) is 37.3 Å². The topological polar surface area (TPSA) is 88.5 Å². The molecule has 0 spiro atoms. The summed E-state index contributed by atoms with van der Waals surface area (Å²) < 4.78 is 29.2. The minimum atomic E-state index is -3.74. The Morgan fingerprint density at radius 1 is 1.24 bits per heavy atom. The Hall–Kier alpha value is -2.45. The highest BCUT2D eigenvalue weighted by Gasteiger charge is 2.29. The fraction of sp³-hybridized carbons (Fsp3) is 0.520. The molecule has 0 radical (unpaired) electrons. The largest absolute Gasteiger partial charge is 0.349 e. The third-order valence-electron chi connectivity index (χ3n) is 6.99.